The Morgan fingerprint density at radius 3 is 2.53 bits per heavy atom. The Morgan fingerprint density at radius 2 is 1.83 bits per heavy atom. The fraction of sp³-hybridized carbons (Fsp3) is 0.320. The van der Waals surface area contributed by atoms with Crippen LogP contribution in [0, 0.1) is 12.8 Å². The maximum Gasteiger partial charge on any atom is 0.322 e. The first-order valence-corrected chi connectivity index (χ1v) is 10.7. The van der Waals surface area contributed by atoms with Crippen molar-refractivity contribution in [2.24, 2.45) is 5.92 Å². The molecule has 1 aromatic heterocycles. The molecule has 2 amide bonds. The fourth-order valence-corrected chi connectivity index (χ4v) is 3.64. The van der Waals surface area contributed by atoms with Crippen molar-refractivity contribution in [3.8, 4) is 0 Å². The van der Waals surface area contributed by atoms with Crippen molar-refractivity contribution >= 4 is 23.3 Å². The summed E-state index contributed by atoms with van der Waals surface area (Å²) in [6, 6.07) is 19.8. The van der Waals surface area contributed by atoms with Crippen LogP contribution in [0.1, 0.15) is 37.6 Å². The van der Waals surface area contributed by atoms with E-state index >= 15 is 0 Å². The first kappa shape index (κ1) is 22.0. The lowest BCUT2D eigenvalue weighted by Crippen LogP contribution is -2.43. The van der Waals surface area contributed by atoms with Crippen molar-refractivity contribution in [2.75, 3.05) is 5.32 Å². The van der Waals surface area contributed by atoms with Gasteiger partial charge in [0.1, 0.15) is 0 Å². The number of aryl methyl sites for hydroxylation is 1. The van der Waals surface area contributed by atoms with Gasteiger partial charge in [-0.1, -0.05) is 61.3 Å². The summed E-state index contributed by atoms with van der Waals surface area (Å²) in [5, 5.41) is 3.60. The monoisotopic (exact) mass is 423 g/mol. The highest BCUT2D eigenvalue weighted by Crippen LogP contribution is 2.20. The molecular weight excluding hydrogens is 394 g/mol. The van der Waals surface area contributed by atoms with Crippen molar-refractivity contribution in [3.05, 3.63) is 88.7 Å². The molecule has 1 heterocycles. The number of amides is 2. The standard InChI is InChI=1S/C25H30ClN3O/c1-18(2)20(4)29(25(30)27-23-11-6-10-22(26)15-23)17-24-12-7-13-28(24)16-21-9-5-8-19(3)14-21/h5-15,18,20H,16-17H2,1-4H3,(H,27,30)/t20-/m1/s1. The minimum Gasteiger partial charge on any atom is -0.345 e. The van der Waals surface area contributed by atoms with E-state index in [9.17, 15) is 4.79 Å². The van der Waals surface area contributed by atoms with Crippen LogP contribution in [0.2, 0.25) is 5.02 Å². The molecule has 0 unspecified atom stereocenters. The van der Waals surface area contributed by atoms with E-state index in [1.54, 1.807) is 12.1 Å². The molecule has 3 aromatic rings. The number of hydrogen-bond donors (Lipinski definition) is 1. The second-order valence-corrected chi connectivity index (χ2v) is 8.61. The molecule has 1 atom stereocenters. The van der Waals surface area contributed by atoms with Crippen LogP contribution in [-0.2, 0) is 13.1 Å². The summed E-state index contributed by atoms with van der Waals surface area (Å²) in [6.45, 7) is 9.78. The van der Waals surface area contributed by atoms with Gasteiger partial charge in [-0.25, -0.2) is 4.79 Å². The summed E-state index contributed by atoms with van der Waals surface area (Å²) in [4.78, 5) is 15.1. The summed E-state index contributed by atoms with van der Waals surface area (Å²) in [7, 11) is 0. The van der Waals surface area contributed by atoms with Gasteiger partial charge in [-0.2, -0.15) is 0 Å². The van der Waals surface area contributed by atoms with Crippen molar-refractivity contribution in [2.45, 2.75) is 46.8 Å². The van der Waals surface area contributed by atoms with Gasteiger partial charge in [0.15, 0.2) is 0 Å². The van der Waals surface area contributed by atoms with E-state index in [1.165, 1.54) is 11.1 Å². The Morgan fingerprint density at radius 1 is 1.07 bits per heavy atom. The van der Waals surface area contributed by atoms with Gasteiger partial charge in [-0.15, -0.1) is 0 Å². The number of benzene rings is 2. The predicted molar refractivity (Wildman–Crippen MR) is 125 cm³/mol. The summed E-state index contributed by atoms with van der Waals surface area (Å²) >= 11 is 6.08. The molecule has 1 N–H and O–H groups in total. The lowest BCUT2D eigenvalue weighted by molar-refractivity contribution is 0.168. The molecule has 0 radical (unpaired) electrons. The third-order valence-corrected chi connectivity index (χ3v) is 5.72. The third kappa shape index (κ3) is 5.67. The van der Waals surface area contributed by atoms with Crippen LogP contribution in [0.4, 0.5) is 10.5 Å². The summed E-state index contributed by atoms with van der Waals surface area (Å²) in [5.74, 6) is 0.329. The van der Waals surface area contributed by atoms with Gasteiger partial charge in [-0.3, -0.25) is 0 Å². The van der Waals surface area contributed by atoms with Crippen LogP contribution in [0.15, 0.2) is 66.9 Å². The Kier molecular flexibility index (Phi) is 7.22. The van der Waals surface area contributed by atoms with Crippen LogP contribution in [0.25, 0.3) is 0 Å². The number of urea groups is 1. The summed E-state index contributed by atoms with van der Waals surface area (Å²) in [6.07, 6.45) is 2.07. The van der Waals surface area contributed by atoms with Crippen LogP contribution >= 0.6 is 11.6 Å². The van der Waals surface area contributed by atoms with Gasteiger partial charge in [0, 0.05) is 35.2 Å². The number of rotatable bonds is 7. The van der Waals surface area contributed by atoms with Crippen LogP contribution < -0.4 is 5.32 Å². The van der Waals surface area contributed by atoms with Crippen molar-refractivity contribution in [1.82, 2.24) is 9.47 Å². The molecule has 158 valence electrons. The molecular formula is C25H30ClN3O. The van der Waals surface area contributed by atoms with E-state index in [1.807, 2.05) is 23.1 Å². The highest BCUT2D eigenvalue weighted by atomic mass is 35.5. The first-order valence-electron chi connectivity index (χ1n) is 10.4. The Labute approximate surface area is 184 Å². The molecule has 4 nitrogen and oxygen atoms in total. The topological polar surface area (TPSA) is 37.3 Å². The third-order valence-electron chi connectivity index (χ3n) is 5.48. The van der Waals surface area contributed by atoms with Gasteiger partial charge in [0.05, 0.1) is 6.54 Å². The molecule has 30 heavy (non-hydrogen) atoms. The highest BCUT2D eigenvalue weighted by molar-refractivity contribution is 6.30. The fourth-order valence-electron chi connectivity index (χ4n) is 3.45. The van der Waals surface area contributed by atoms with E-state index < -0.39 is 0 Å². The van der Waals surface area contributed by atoms with Gasteiger partial charge < -0.3 is 14.8 Å². The van der Waals surface area contributed by atoms with Gasteiger partial charge in [0.2, 0.25) is 0 Å². The van der Waals surface area contributed by atoms with E-state index in [0.29, 0.717) is 23.2 Å². The smallest absolute Gasteiger partial charge is 0.322 e. The molecule has 0 aliphatic rings. The van der Waals surface area contributed by atoms with Gasteiger partial charge in [-0.05, 0) is 55.7 Å². The molecule has 0 saturated carbocycles. The van der Waals surface area contributed by atoms with Crippen molar-refractivity contribution in [3.63, 3.8) is 0 Å². The SMILES string of the molecule is Cc1cccc(Cn2cccc2CN(C(=O)Nc2cccc(Cl)c2)[C@H](C)C(C)C)c1. The van der Waals surface area contributed by atoms with Crippen LogP contribution in [-0.4, -0.2) is 21.5 Å². The molecule has 2 aromatic carbocycles. The van der Waals surface area contributed by atoms with Gasteiger partial charge >= 0.3 is 6.03 Å². The number of halogens is 1. The molecule has 5 heteroatoms. The first-order chi connectivity index (χ1) is 14.3. The molecule has 0 fully saturated rings. The Hall–Kier alpha value is -2.72. The Balaban J connectivity index is 1.80. The highest BCUT2D eigenvalue weighted by Gasteiger charge is 2.24. The van der Waals surface area contributed by atoms with Crippen molar-refractivity contribution in [1.29, 1.82) is 0 Å². The lowest BCUT2D eigenvalue weighted by atomic mass is 10.0. The zero-order valence-corrected chi connectivity index (χ0v) is 18.9. The summed E-state index contributed by atoms with van der Waals surface area (Å²) < 4.78 is 2.21. The number of nitrogens with zero attached hydrogens (tertiary/aromatic N) is 2. The number of nitrogens with one attached hydrogen (secondary N) is 1. The number of anilines is 1. The van der Waals surface area contributed by atoms with Gasteiger partial charge in [0.25, 0.3) is 0 Å². The molecule has 3 rings (SSSR count). The van der Waals surface area contributed by atoms with E-state index in [2.05, 4.69) is 74.1 Å². The molecule has 0 bridgehead atoms. The minimum absolute atomic E-state index is 0.0755. The maximum atomic E-state index is 13.2. The molecule has 0 saturated heterocycles. The minimum atomic E-state index is -0.123. The van der Waals surface area contributed by atoms with Crippen LogP contribution in [0.3, 0.4) is 0 Å². The number of aromatic nitrogens is 1. The molecule has 0 aliphatic heterocycles. The predicted octanol–water partition coefficient (Wildman–Crippen LogP) is 6.58. The zero-order chi connectivity index (χ0) is 21.7. The van der Waals surface area contributed by atoms with E-state index in [0.717, 1.165) is 12.2 Å². The number of carbonyl (C=O) groups is 1. The van der Waals surface area contributed by atoms with Crippen LogP contribution in [0.5, 0.6) is 0 Å². The lowest BCUT2D eigenvalue weighted by Gasteiger charge is -2.32. The zero-order valence-electron chi connectivity index (χ0n) is 18.1. The second kappa shape index (κ2) is 9.86. The maximum absolute atomic E-state index is 13.2. The second-order valence-electron chi connectivity index (χ2n) is 8.17. The number of hydrogen-bond acceptors (Lipinski definition) is 1. The molecule has 0 spiro atoms. The molecule has 0 aliphatic carbocycles. The normalized spacial score (nSPS) is 12.1. The number of carbonyl (C=O) groups excluding carboxylic acids is 1. The quantitative estimate of drug-likeness (QED) is 0.458. The van der Waals surface area contributed by atoms with E-state index in [4.69, 9.17) is 11.6 Å². The average molecular weight is 424 g/mol. The largest absolute Gasteiger partial charge is 0.345 e. The van der Waals surface area contributed by atoms with E-state index in [-0.39, 0.29) is 12.1 Å². The average Bonchev–Trinajstić information content (AvgIpc) is 3.12. The summed E-state index contributed by atoms with van der Waals surface area (Å²) in [5.41, 5.74) is 4.30. The van der Waals surface area contributed by atoms with Crippen molar-refractivity contribution < 1.29 is 4.79 Å². The Bertz CT molecular complexity index is 995.